The van der Waals surface area contributed by atoms with E-state index in [1.165, 1.54) is 19.2 Å². The lowest BCUT2D eigenvalue weighted by Gasteiger charge is -2.17. The van der Waals surface area contributed by atoms with Crippen LogP contribution in [0.5, 0.6) is 0 Å². The van der Waals surface area contributed by atoms with Gasteiger partial charge in [0.05, 0.1) is 18.0 Å². The van der Waals surface area contributed by atoms with Crippen molar-refractivity contribution >= 4 is 27.7 Å². The summed E-state index contributed by atoms with van der Waals surface area (Å²) >= 11 is 0. The lowest BCUT2D eigenvalue weighted by atomic mass is 10.2. The maximum absolute atomic E-state index is 12.4. The highest BCUT2D eigenvalue weighted by Gasteiger charge is 2.39. The molecule has 1 aliphatic rings. The molecule has 9 nitrogen and oxygen atoms in total. The Morgan fingerprint density at radius 3 is 2.22 bits per heavy atom. The number of hydrogen-bond donors (Lipinski definition) is 3. The lowest BCUT2D eigenvalue weighted by molar-refractivity contribution is -0.130. The van der Waals surface area contributed by atoms with Gasteiger partial charge < -0.3 is 5.32 Å². The number of amides is 3. The minimum absolute atomic E-state index is 0.0481. The fourth-order valence-electron chi connectivity index (χ4n) is 2.39. The zero-order valence-corrected chi connectivity index (χ0v) is 16.3. The molecule has 2 atom stereocenters. The van der Waals surface area contributed by atoms with Crippen molar-refractivity contribution in [3.05, 3.63) is 29.8 Å². The fourth-order valence-corrected chi connectivity index (χ4v) is 3.51. The summed E-state index contributed by atoms with van der Waals surface area (Å²) in [6.45, 7) is 3.05. The van der Waals surface area contributed by atoms with Gasteiger partial charge in [-0.25, -0.2) is 8.42 Å². The highest BCUT2D eigenvalue weighted by atomic mass is 32.2. The molecule has 0 radical (unpaired) electrons. The van der Waals surface area contributed by atoms with E-state index in [0.29, 0.717) is 5.92 Å². The van der Waals surface area contributed by atoms with Gasteiger partial charge >= 0.3 is 0 Å². The van der Waals surface area contributed by atoms with Crippen molar-refractivity contribution < 1.29 is 22.8 Å². The molecule has 1 fully saturated rings. The number of rotatable bonds is 7. The molecule has 0 bridgehead atoms. The van der Waals surface area contributed by atoms with E-state index in [4.69, 9.17) is 0 Å². The number of nitrogens with one attached hydrogen (secondary N) is 3. The number of likely N-dealkylation sites (N-methyl/N-ethyl adjacent to an activating group) is 1. The minimum atomic E-state index is -3.82. The number of hydrogen-bond acceptors (Lipinski definition) is 5. The number of carbonyl (C=O) groups is 3. The van der Waals surface area contributed by atoms with Crippen LogP contribution in [0, 0.1) is 18.8 Å². The average molecular weight is 396 g/mol. The molecule has 2 rings (SSSR count). The van der Waals surface area contributed by atoms with Crippen molar-refractivity contribution in [1.82, 2.24) is 20.5 Å². The van der Waals surface area contributed by atoms with Gasteiger partial charge in [-0.2, -0.15) is 4.31 Å². The van der Waals surface area contributed by atoms with Gasteiger partial charge in [-0.05, 0) is 31.4 Å². The van der Waals surface area contributed by atoms with Crippen LogP contribution >= 0.6 is 0 Å². The molecule has 0 aliphatic heterocycles. The quantitative estimate of drug-likeness (QED) is 0.538. The van der Waals surface area contributed by atoms with Crippen LogP contribution in [0.15, 0.2) is 29.2 Å². The van der Waals surface area contributed by atoms with Gasteiger partial charge in [0.25, 0.3) is 11.8 Å². The van der Waals surface area contributed by atoms with E-state index in [1.54, 1.807) is 12.1 Å². The first-order valence-electron chi connectivity index (χ1n) is 8.49. The summed E-state index contributed by atoms with van der Waals surface area (Å²) in [5.41, 5.74) is 5.18. The monoisotopic (exact) mass is 396 g/mol. The Morgan fingerprint density at radius 1 is 1.11 bits per heavy atom. The summed E-state index contributed by atoms with van der Waals surface area (Å²) in [5, 5.41) is 2.48. The molecule has 10 heteroatoms. The van der Waals surface area contributed by atoms with Crippen LogP contribution in [-0.4, -0.2) is 50.6 Å². The molecule has 1 aromatic rings. The van der Waals surface area contributed by atoms with E-state index in [-0.39, 0.29) is 23.3 Å². The Hall–Kier alpha value is -2.46. The van der Waals surface area contributed by atoms with Crippen LogP contribution < -0.4 is 16.2 Å². The second-order valence-electron chi connectivity index (χ2n) is 6.71. The zero-order valence-electron chi connectivity index (χ0n) is 15.5. The van der Waals surface area contributed by atoms with Crippen LogP contribution in [0.2, 0.25) is 0 Å². The molecule has 0 saturated heterocycles. The molecule has 0 heterocycles. The highest BCUT2D eigenvalue weighted by Crippen LogP contribution is 2.37. The van der Waals surface area contributed by atoms with Crippen molar-refractivity contribution in [3.63, 3.8) is 0 Å². The predicted octanol–water partition coefficient (Wildman–Crippen LogP) is -0.465. The Morgan fingerprint density at radius 2 is 1.67 bits per heavy atom. The molecule has 0 aromatic heterocycles. The Labute approximate surface area is 158 Å². The number of carbonyl (C=O) groups excluding carboxylic acids is 3. The van der Waals surface area contributed by atoms with E-state index < -0.39 is 28.4 Å². The SMILES string of the molecule is Cc1ccc(S(=O)(=O)N(C)CC(=O)NNC(=O)CNC(=O)[C@H]2C[C@H]2C)cc1. The van der Waals surface area contributed by atoms with E-state index >= 15 is 0 Å². The number of benzene rings is 1. The number of sulfonamides is 1. The molecular formula is C17H24N4O5S. The van der Waals surface area contributed by atoms with E-state index in [1.807, 2.05) is 13.8 Å². The van der Waals surface area contributed by atoms with Crippen molar-refractivity contribution in [3.8, 4) is 0 Å². The summed E-state index contributed by atoms with van der Waals surface area (Å²) in [6.07, 6.45) is 0.811. The molecule has 148 valence electrons. The van der Waals surface area contributed by atoms with Gasteiger partial charge in [0, 0.05) is 13.0 Å². The Kier molecular flexibility index (Phi) is 6.55. The maximum Gasteiger partial charge on any atom is 0.257 e. The zero-order chi connectivity index (χ0) is 20.2. The molecule has 3 N–H and O–H groups in total. The van der Waals surface area contributed by atoms with Gasteiger partial charge in [-0.1, -0.05) is 24.6 Å². The number of nitrogens with zero attached hydrogens (tertiary/aromatic N) is 1. The number of aryl methyl sites for hydroxylation is 1. The molecule has 0 unspecified atom stereocenters. The van der Waals surface area contributed by atoms with Crippen LogP contribution in [0.3, 0.4) is 0 Å². The van der Waals surface area contributed by atoms with E-state index in [2.05, 4.69) is 16.2 Å². The second-order valence-corrected chi connectivity index (χ2v) is 8.75. The summed E-state index contributed by atoms with van der Waals surface area (Å²) in [7, 11) is -2.54. The van der Waals surface area contributed by atoms with Gasteiger partial charge in [0.2, 0.25) is 15.9 Å². The van der Waals surface area contributed by atoms with Gasteiger partial charge in [-0.15, -0.1) is 0 Å². The summed E-state index contributed by atoms with van der Waals surface area (Å²) in [4.78, 5) is 35.2. The molecule has 1 aliphatic carbocycles. The molecule has 27 heavy (non-hydrogen) atoms. The third-order valence-electron chi connectivity index (χ3n) is 4.31. The second kappa shape index (κ2) is 8.49. The lowest BCUT2D eigenvalue weighted by Crippen LogP contribution is -2.49. The van der Waals surface area contributed by atoms with Gasteiger partial charge in [0.1, 0.15) is 0 Å². The summed E-state index contributed by atoms with van der Waals surface area (Å²) < 4.78 is 25.7. The third-order valence-corrected chi connectivity index (χ3v) is 6.12. The first-order valence-corrected chi connectivity index (χ1v) is 9.93. The van der Waals surface area contributed by atoms with Crippen molar-refractivity contribution in [2.75, 3.05) is 20.1 Å². The van der Waals surface area contributed by atoms with E-state index in [0.717, 1.165) is 16.3 Å². The first-order chi connectivity index (χ1) is 12.6. The largest absolute Gasteiger partial charge is 0.347 e. The van der Waals surface area contributed by atoms with E-state index in [9.17, 15) is 22.8 Å². The van der Waals surface area contributed by atoms with Gasteiger partial charge in [0.15, 0.2) is 0 Å². The molecule has 0 spiro atoms. The minimum Gasteiger partial charge on any atom is -0.347 e. The topological polar surface area (TPSA) is 125 Å². The first kappa shape index (κ1) is 20.8. The van der Waals surface area contributed by atoms with Crippen LogP contribution in [0.4, 0.5) is 0 Å². The number of hydrazine groups is 1. The Bertz CT molecular complexity index is 822. The third kappa shape index (κ3) is 5.76. The molecular weight excluding hydrogens is 372 g/mol. The van der Waals surface area contributed by atoms with Crippen LogP contribution in [-0.2, 0) is 24.4 Å². The van der Waals surface area contributed by atoms with Crippen LogP contribution in [0.1, 0.15) is 18.9 Å². The average Bonchev–Trinajstić information content (AvgIpc) is 3.35. The predicted molar refractivity (Wildman–Crippen MR) is 97.6 cm³/mol. The summed E-state index contributed by atoms with van der Waals surface area (Å²) in [6, 6.07) is 6.25. The molecule has 1 saturated carbocycles. The van der Waals surface area contributed by atoms with Crippen LogP contribution in [0.25, 0.3) is 0 Å². The molecule has 1 aromatic carbocycles. The fraction of sp³-hybridized carbons (Fsp3) is 0.471. The Balaban J connectivity index is 1.76. The molecule has 3 amide bonds. The van der Waals surface area contributed by atoms with Crippen molar-refractivity contribution in [2.24, 2.45) is 11.8 Å². The van der Waals surface area contributed by atoms with Gasteiger partial charge in [-0.3, -0.25) is 25.2 Å². The summed E-state index contributed by atoms with van der Waals surface area (Å²) in [5.74, 6) is -1.21. The smallest absolute Gasteiger partial charge is 0.257 e. The maximum atomic E-state index is 12.4. The highest BCUT2D eigenvalue weighted by molar-refractivity contribution is 7.89. The van der Waals surface area contributed by atoms with Crippen molar-refractivity contribution in [2.45, 2.75) is 25.2 Å². The standard InChI is InChI=1S/C17H24N4O5S/c1-11-4-6-13(7-5-11)27(25,26)21(3)10-16(23)20-19-15(22)9-18-17(24)14-8-12(14)2/h4-7,12,14H,8-10H2,1-3H3,(H,18,24)(H,19,22)(H,20,23)/t12-,14+/m1/s1. The van der Waals surface area contributed by atoms with Crippen molar-refractivity contribution in [1.29, 1.82) is 0 Å². The normalized spacial score (nSPS) is 18.7.